The van der Waals surface area contributed by atoms with Crippen LogP contribution in [0.15, 0.2) is 6.07 Å². The van der Waals surface area contributed by atoms with Crippen molar-refractivity contribution in [3.05, 3.63) is 55.7 Å². The quantitative estimate of drug-likeness (QED) is 0.259. The summed E-state index contributed by atoms with van der Waals surface area (Å²) in [4.78, 5) is 24.6. The Balaban J connectivity index is 1.40. The zero-order valence-electron chi connectivity index (χ0n) is 24.4. The van der Waals surface area contributed by atoms with Gasteiger partial charge in [0, 0.05) is 51.2 Å². The molecule has 10 nitrogen and oxygen atoms in total. The molecule has 6 rings (SSSR count). The van der Waals surface area contributed by atoms with Gasteiger partial charge in [0.1, 0.15) is 12.4 Å². The Morgan fingerprint density at radius 1 is 1.24 bits per heavy atom. The predicted octanol–water partition coefficient (Wildman–Crippen LogP) is 5.68. The molecule has 18 heteroatoms. The summed E-state index contributed by atoms with van der Waals surface area (Å²) in [5.41, 5.74) is 3.87. The molecule has 46 heavy (non-hydrogen) atoms. The molecule has 1 aromatic carbocycles. The maximum atomic E-state index is 15.3. The van der Waals surface area contributed by atoms with Crippen molar-refractivity contribution in [1.29, 1.82) is 0 Å². The summed E-state index contributed by atoms with van der Waals surface area (Å²) in [6.07, 6.45) is -6.75. The normalized spacial score (nSPS) is 20.5. The van der Waals surface area contributed by atoms with Gasteiger partial charge in [-0.15, -0.1) is 0 Å². The van der Waals surface area contributed by atoms with E-state index >= 15 is 4.39 Å². The molecule has 2 aromatic heterocycles. The maximum absolute atomic E-state index is 15.3. The third kappa shape index (κ3) is 5.90. The Morgan fingerprint density at radius 3 is 2.61 bits per heavy atom. The first kappa shape index (κ1) is 32.4. The summed E-state index contributed by atoms with van der Waals surface area (Å²) in [5, 5.41) is 3.74. The number of carbonyl (C=O) groups excluding carboxylic acids is 1. The summed E-state index contributed by atoms with van der Waals surface area (Å²) >= 11 is 12.5. The molecule has 1 aliphatic carbocycles. The van der Waals surface area contributed by atoms with Crippen molar-refractivity contribution in [3.63, 3.8) is 0 Å². The first-order chi connectivity index (χ1) is 21.6. The summed E-state index contributed by atoms with van der Waals surface area (Å²) < 4.78 is 97.7. The van der Waals surface area contributed by atoms with Crippen LogP contribution in [0.5, 0.6) is 6.01 Å². The van der Waals surface area contributed by atoms with Gasteiger partial charge in [-0.2, -0.15) is 28.2 Å². The SMILES string of the molecule is CN(C)C(=O)c1nn2c(c1Cl)CN(c1nc(OCC3CC3(F)F)nc3c1COC(c1c(F)c(N)cc(Cl)c1C(F)(F)F)C3)CCC2. The number of alkyl halides is 5. The third-order valence-corrected chi connectivity index (χ3v) is 8.85. The van der Waals surface area contributed by atoms with Gasteiger partial charge in [0.15, 0.2) is 11.5 Å². The highest BCUT2D eigenvalue weighted by Gasteiger charge is 2.57. The van der Waals surface area contributed by atoms with E-state index in [1.165, 1.54) is 4.90 Å². The Hall–Kier alpha value is -3.50. The highest BCUT2D eigenvalue weighted by atomic mass is 35.5. The highest BCUT2D eigenvalue weighted by molar-refractivity contribution is 6.34. The van der Waals surface area contributed by atoms with Crippen molar-refractivity contribution < 1.29 is 40.6 Å². The zero-order chi connectivity index (χ0) is 33.3. The van der Waals surface area contributed by atoms with E-state index in [4.69, 9.17) is 38.4 Å². The Kier molecular flexibility index (Phi) is 8.20. The number of benzene rings is 1. The van der Waals surface area contributed by atoms with E-state index in [2.05, 4.69) is 15.1 Å². The molecule has 0 bridgehead atoms. The monoisotopic (exact) mass is 693 g/mol. The lowest BCUT2D eigenvalue weighted by atomic mass is 9.93. The fraction of sp³-hybridized carbons (Fsp3) is 0.500. The van der Waals surface area contributed by atoms with Crippen LogP contribution in [0.1, 0.15) is 57.5 Å². The number of aromatic nitrogens is 4. The molecular formula is C28H27Cl2F6N7O3. The minimum absolute atomic E-state index is 0.0667. The van der Waals surface area contributed by atoms with Crippen LogP contribution >= 0.6 is 23.2 Å². The third-order valence-electron chi connectivity index (χ3n) is 8.15. The van der Waals surface area contributed by atoms with Gasteiger partial charge in [-0.1, -0.05) is 23.2 Å². The molecule has 1 amide bonds. The molecule has 3 aliphatic rings. The number of anilines is 2. The highest BCUT2D eigenvalue weighted by Crippen LogP contribution is 2.49. The molecule has 1 fully saturated rings. The predicted molar refractivity (Wildman–Crippen MR) is 154 cm³/mol. The van der Waals surface area contributed by atoms with Crippen molar-refractivity contribution in [1.82, 2.24) is 24.6 Å². The molecule has 3 aromatic rings. The molecule has 1 saturated carbocycles. The van der Waals surface area contributed by atoms with Gasteiger partial charge in [0.05, 0.1) is 57.9 Å². The second kappa shape index (κ2) is 11.6. The number of nitrogens with two attached hydrogens (primary N) is 1. The van der Waals surface area contributed by atoms with E-state index in [9.17, 15) is 26.7 Å². The van der Waals surface area contributed by atoms with Gasteiger partial charge in [-0.3, -0.25) is 9.48 Å². The van der Waals surface area contributed by atoms with E-state index < -0.39 is 64.3 Å². The van der Waals surface area contributed by atoms with Crippen molar-refractivity contribution in [2.24, 2.45) is 5.92 Å². The largest absolute Gasteiger partial charge is 0.463 e. The molecule has 2 atom stereocenters. The number of nitrogens with zero attached hydrogens (tertiary/aromatic N) is 6. The lowest BCUT2D eigenvalue weighted by molar-refractivity contribution is -0.140. The number of aryl methyl sites for hydroxylation is 1. The van der Waals surface area contributed by atoms with Gasteiger partial charge in [0.2, 0.25) is 0 Å². The van der Waals surface area contributed by atoms with Crippen LogP contribution in [0.3, 0.4) is 0 Å². The van der Waals surface area contributed by atoms with E-state index in [0.717, 1.165) is 0 Å². The van der Waals surface area contributed by atoms with E-state index in [-0.39, 0.29) is 54.2 Å². The maximum Gasteiger partial charge on any atom is 0.418 e. The number of ether oxygens (including phenoxy) is 2. The zero-order valence-corrected chi connectivity index (χ0v) is 25.9. The number of rotatable bonds is 6. The smallest absolute Gasteiger partial charge is 0.418 e. The molecule has 0 saturated heterocycles. The Bertz CT molecular complexity index is 1720. The molecule has 2 unspecified atom stereocenters. The summed E-state index contributed by atoms with van der Waals surface area (Å²) in [7, 11) is 3.13. The van der Waals surface area contributed by atoms with Crippen molar-refractivity contribution >= 4 is 40.6 Å². The number of fused-ring (bicyclic) bond motifs is 2. The minimum Gasteiger partial charge on any atom is -0.463 e. The lowest BCUT2D eigenvalue weighted by Gasteiger charge is -2.32. The van der Waals surface area contributed by atoms with E-state index in [0.29, 0.717) is 36.8 Å². The van der Waals surface area contributed by atoms with Gasteiger partial charge in [-0.25, -0.2) is 13.2 Å². The van der Waals surface area contributed by atoms with Gasteiger partial charge in [0.25, 0.3) is 11.8 Å². The average molecular weight is 694 g/mol. The minimum atomic E-state index is -5.04. The fourth-order valence-corrected chi connectivity index (χ4v) is 6.24. The second-order valence-electron chi connectivity index (χ2n) is 11.6. The Labute approximate surface area is 268 Å². The number of amides is 1. The van der Waals surface area contributed by atoms with Crippen molar-refractivity contribution in [2.45, 2.75) is 57.2 Å². The average Bonchev–Trinajstić information content (AvgIpc) is 3.57. The number of halogens is 8. The summed E-state index contributed by atoms with van der Waals surface area (Å²) in [6, 6.07) is 0.401. The van der Waals surface area contributed by atoms with Gasteiger partial charge in [-0.05, 0) is 12.5 Å². The Morgan fingerprint density at radius 2 is 1.96 bits per heavy atom. The van der Waals surface area contributed by atoms with Crippen LogP contribution in [-0.4, -0.2) is 63.7 Å². The summed E-state index contributed by atoms with van der Waals surface area (Å²) in [5.74, 6) is -5.38. The van der Waals surface area contributed by atoms with E-state index in [1.807, 2.05) is 0 Å². The van der Waals surface area contributed by atoms with Crippen molar-refractivity contribution in [3.8, 4) is 6.01 Å². The molecule has 0 spiro atoms. The number of hydrogen-bond donors (Lipinski definition) is 1. The molecule has 0 radical (unpaired) electrons. The first-order valence-electron chi connectivity index (χ1n) is 14.1. The lowest BCUT2D eigenvalue weighted by Crippen LogP contribution is -2.29. The number of hydrogen-bond acceptors (Lipinski definition) is 8. The van der Waals surface area contributed by atoms with Gasteiger partial charge < -0.3 is 25.0 Å². The topological polar surface area (TPSA) is 112 Å². The van der Waals surface area contributed by atoms with Crippen LogP contribution in [0.2, 0.25) is 10.0 Å². The standard InChI is InChI=1S/C28H27Cl2F6N7O3/c1-41(2)25(44)23-21(30)17-9-42(4-3-5-43(17)40-23)24-13-11-45-18(19-20(28(34,35)36)14(29)6-15(37)22(19)31)7-16(13)38-26(39-24)46-10-12-8-27(12,32)33/h6,12,18H,3-5,7-11,37H2,1-2H3. The van der Waals surface area contributed by atoms with Crippen LogP contribution in [0, 0.1) is 11.7 Å². The fourth-order valence-electron chi connectivity index (χ4n) is 5.64. The number of carbonyl (C=O) groups is 1. The van der Waals surface area contributed by atoms with Gasteiger partial charge >= 0.3 is 12.2 Å². The molecular weight excluding hydrogens is 667 g/mol. The molecule has 4 heterocycles. The molecule has 248 valence electrons. The van der Waals surface area contributed by atoms with Crippen molar-refractivity contribution in [2.75, 3.05) is 37.9 Å². The van der Waals surface area contributed by atoms with Crippen LogP contribution in [-0.2, 0) is 37.0 Å². The molecule has 2 aliphatic heterocycles. The summed E-state index contributed by atoms with van der Waals surface area (Å²) in [6.45, 7) is 0.178. The van der Waals surface area contributed by atoms with E-state index in [1.54, 1.807) is 23.7 Å². The van der Waals surface area contributed by atoms with Crippen LogP contribution in [0.4, 0.5) is 37.8 Å². The van der Waals surface area contributed by atoms with Crippen LogP contribution < -0.4 is 15.4 Å². The van der Waals surface area contributed by atoms with Crippen LogP contribution in [0.25, 0.3) is 0 Å². The second-order valence-corrected chi connectivity index (χ2v) is 12.4. The first-order valence-corrected chi connectivity index (χ1v) is 14.9. The molecule has 2 N–H and O–H groups in total. The number of nitrogen functional groups attached to an aromatic ring is 1.